The molecule has 0 spiro atoms. The van der Waals surface area contributed by atoms with Crippen molar-refractivity contribution in [2.45, 2.75) is 25.8 Å². The second-order valence-corrected chi connectivity index (χ2v) is 4.46. The van der Waals surface area contributed by atoms with E-state index in [1.54, 1.807) is 19.0 Å². The summed E-state index contributed by atoms with van der Waals surface area (Å²) < 4.78 is 0. The topological polar surface area (TPSA) is 35.6 Å². The molecule has 1 heterocycles. The Labute approximate surface area is 92.6 Å². The maximum Gasteiger partial charge on any atom is 0.238 e. The Morgan fingerprint density at radius 2 is 2.00 bits per heavy atom. The summed E-state index contributed by atoms with van der Waals surface area (Å²) in [6.07, 6.45) is 2.65. The maximum absolute atomic E-state index is 11.5. The molecule has 0 aliphatic carbocycles. The quantitative estimate of drug-likeness (QED) is 0.706. The molecule has 0 radical (unpaired) electrons. The Kier molecular flexibility index (Phi) is 5.05. The molecule has 1 aliphatic rings. The van der Waals surface area contributed by atoms with Crippen LogP contribution in [0.4, 0.5) is 0 Å². The van der Waals surface area contributed by atoms with Gasteiger partial charge in [0.05, 0.1) is 6.04 Å². The summed E-state index contributed by atoms with van der Waals surface area (Å²) in [6.45, 7) is 6.33. The van der Waals surface area contributed by atoms with Crippen LogP contribution in [0.3, 0.4) is 0 Å². The number of carbonyl (C=O) groups excluding carboxylic acids is 1. The zero-order chi connectivity index (χ0) is 11.3. The summed E-state index contributed by atoms with van der Waals surface area (Å²) in [4.78, 5) is 15.6. The van der Waals surface area contributed by atoms with Gasteiger partial charge in [-0.15, -0.1) is 0 Å². The fourth-order valence-corrected chi connectivity index (χ4v) is 1.92. The number of amides is 1. The Hall–Kier alpha value is -0.610. The van der Waals surface area contributed by atoms with E-state index in [0.717, 1.165) is 13.1 Å². The lowest BCUT2D eigenvalue weighted by Crippen LogP contribution is -2.44. The molecule has 15 heavy (non-hydrogen) atoms. The average molecular weight is 213 g/mol. The van der Waals surface area contributed by atoms with Crippen LogP contribution in [-0.4, -0.2) is 62.0 Å². The zero-order valence-corrected chi connectivity index (χ0v) is 10.1. The van der Waals surface area contributed by atoms with Crippen LogP contribution < -0.4 is 5.32 Å². The summed E-state index contributed by atoms with van der Waals surface area (Å²) in [5.41, 5.74) is 0. The van der Waals surface area contributed by atoms with E-state index >= 15 is 0 Å². The van der Waals surface area contributed by atoms with Crippen LogP contribution in [0.25, 0.3) is 0 Å². The van der Waals surface area contributed by atoms with E-state index in [4.69, 9.17) is 0 Å². The van der Waals surface area contributed by atoms with Crippen LogP contribution in [0.5, 0.6) is 0 Å². The highest BCUT2D eigenvalue weighted by molar-refractivity contribution is 5.80. The number of hydrogen-bond acceptors (Lipinski definition) is 3. The van der Waals surface area contributed by atoms with Gasteiger partial charge in [-0.2, -0.15) is 0 Å². The first-order chi connectivity index (χ1) is 7.11. The van der Waals surface area contributed by atoms with Crippen molar-refractivity contribution in [3.8, 4) is 0 Å². The monoisotopic (exact) mass is 213 g/mol. The average Bonchev–Trinajstić information content (AvgIpc) is 2.69. The first-order valence-electron chi connectivity index (χ1n) is 5.78. The first-order valence-corrected chi connectivity index (χ1v) is 5.78. The van der Waals surface area contributed by atoms with Gasteiger partial charge in [-0.25, -0.2) is 0 Å². The predicted octanol–water partition coefficient (Wildman–Crippen LogP) is 0.149. The molecule has 88 valence electrons. The summed E-state index contributed by atoms with van der Waals surface area (Å²) >= 11 is 0. The van der Waals surface area contributed by atoms with Gasteiger partial charge in [-0.1, -0.05) is 0 Å². The molecule has 1 amide bonds. The highest BCUT2D eigenvalue weighted by atomic mass is 16.2. The van der Waals surface area contributed by atoms with Crippen molar-refractivity contribution < 1.29 is 4.79 Å². The third-order valence-corrected chi connectivity index (χ3v) is 2.89. The Bertz CT molecular complexity index is 200. The highest BCUT2D eigenvalue weighted by Crippen LogP contribution is 2.05. The zero-order valence-electron chi connectivity index (χ0n) is 10.1. The lowest BCUT2D eigenvalue weighted by molar-refractivity contribution is -0.130. The van der Waals surface area contributed by atoms with Gasteiger partial charge in [0.2, 0.25) is 5.91 Å². The summed E-state index contributed by atoms with van der Waals surface area (Å²) in [5.74, 6) is 0.149. The van der Waals surface area contributed by atoms with E-state index < -0.39 is 0 Å². The molecule has 0 saturated carbocycles. The molecule has 1 saturated heterocycles. The molecule has 1 fully saturated rings. The van der Waals surface area contributed by atoms with Gasteiger partial charge in [0.25, 0.3) is 0 Å². The number of likely N-dealkylation sites (tertiary alicyclic amines) is 1. The highest BCUT2D eigenvalue weighted by Gasteiger charge is 2.15. The predicted molar refractivity (Wildman–Crippen MR) is 61.8 cm³/mol. The standard InChI is InChI=1S/C11H23N3O/c1-10(11(15)13(2)3)12-6-9-14-7-4-5-8-14/h10,12H,4-9H2,1-3H3. The number of likely N-dealkylation sites (N-methyl/N-ethyl adjacent to an activating group) is 1. The van der Waals surface area contributed by atoms with Gasteiger partial charge in [-0.3, -0.25) is 4.79 Å². The molecule has 1 aliphatic heterocycles. The minimum absolute atomic E-state index is 0.0670. The molecule has 1 N–H and O–H groups in total. The fraction of sp³-hybridized carbons (Fsp3) is 0.909. The normalized spacial score (nSPS) is 19.1. The van der Waals surface area contributed by atoms with Crippen LogP contribution in [0.1, 0.15) is 19.8 Å². The van der Waals surface area contributed by atoms with Crippen LogP contribution in [-0.2, 0) is 4.79 Å². The lowest BCUT2D eigenvalue weighted by Gasteiger charge is -2.20. The Balaban J connectivity index is 2.10. The number of hydrogen-bond donors (Lipinski definition) is 1. The van der Waals surface area contributed by atoms with Gasteiger partial charge >= 0.3 is 0 Å². The third kappa shape index (κ3) is 4.18. The van der Waals surface area contributed by atoms with Gasteiger partial charge in [-0.05, 0) is 32.9 Å². The molecule has 0 bridgehead atoms. The van der Waals surface area contributed by atoms with Gasteiger partial charge in [0.15, 0.2) is 0 Å². The minimum atomic E-state index is -0.0670. The van der Waals surface area contributed by atoms with Crippen molar-refractivity contribution >= 4 is 5.91 Å². The second kappa shape index (κ2) is 6.08. The number of rotatable bonds is 5. The molecular weight excluding hydrogens is 190 g/mol. The molecule has 1 unspecified atom stereocenters. The molecule has 1 atom stereocenters. The largest absolute Gasteiger partial charge is 0.347 e. The van der Waals surface area contributed by atoms with Crippen LogP contribution in [0, 0.1) is 0 Å². The van der Waals surface area contributed by atoms with Crippen molar-refractivity contribution in [2.24, 2.45) is 0 Å². The van der Waals surface area contributed by atoms with E-state index in [2.05, 4.69) is 10.2 Å². The van der Waals surface area contributed by atoms with Crippen molar-refractivity contribution in [3.63, 3.8) is 0 Å². The van der Waals surface area contributed by atoms with Gasteiger partial charge < -0.3 is 15.1 Å². The van der Waals surface area contributed by atoms with E-state index in [1.807, 2.05) is 6.92 Å². The maximum atomic E-state index is 11.5. The van der Waals surface area contributed by atoms with Crippen LogP contribution >= 0.6 is 0 Å². The van der Waals surface area contributed by atoms with Crippen molar-refractivity contribution in [1.29, 1.82) is 0 Å². The van der Waals surface area contributed by atoms with Crippen molar-refractivity contribution in [2.75, 3.05) is 40.3 Å². The van der Waals surface area contributed by atoms with Crippen molar-refractivity contribution in [3.05, 3.63) is 0 Å². The lowest BCUT2D eigenvalue weighted by atomic mass is 10.3. The second-order valence-electron chi connectivity index (χ2n) is 4.46. The van der Waals surface area contributed by atoms with Crippen molar-refractivity contribution in [1.82, 2.24) is 15.1 Å². The molecular formula is C11H23N3O. The van der Waals surface area contributed by atoms with E-state index in [1.165, 1.54) is 25.9 Å². The number of nitrogens with zero attached hydrogens (tertiary/aromatic N) is 2. The van der Waals surface area contributed by atoms with E-state index in [-0.39, 0.29) is 11.9 Å². The Morgan fingerprint density at radius 3 is 2.53 bits per heavy atom. The smallest absolute Gasteiger partial charge is 0.238 e. The molecule has 0 aromatic carbocycles. The number of carbonyl (C=O) groups is 1. The molecule has 4 heteroatoms. The van der Waals surface area contributed by atoms with Gasteiger partial charge in [0.1, 0.15) is 0 Å². The van der Waals surface area contributed by atoms with E-state index in [9.17, 15) is 4.79 Å². The molecule has 0 aromatic heterocycles. The summed E-state index contributed by atoms with van der Waals surface area (Å²) in [7, 11) is 3.59. The first kappa shape index (κ1) is 12.5. The molecule has 4 nitrogen and oxygen atoms in total. The Morgan fingerprint density at radius 1 is 1.40 bits per heavy atom. The van der Waals surface area contributed by atoms with Gasteiger partial charge in [0, 0.05) is 27.2 Å². The van der Waals surface area contributed by atoms with Crippen LogP contribution in [0.2, 0.25) is 0 Å². The summed E-state index contributed by atoms with van der Waals surface area (Å²) in [5, 5.41) is 3.26. The third-order valence-electron chi connectivity index (χ3n) is 2.89. The summed E-state index contributed by atoms with van der Waals surface area (Å²) in [6, 6.07) is -0.0670. The minimum Gasteiger partial charge on any atom is -0.347 e. The molecule has 0 aromatic rings. The SMILES string of the molecule is CC(NCCN1CCCC1)C(=O)N(C)C. The van der Waals surface area contributed by atoms with E-state index in [0.29, 0.717) is 0 Å². The fourth-order valence-electron chi connectivity index (χ4n) is 1.92. The number of nitrogens with one attached hydrogen (secondary N) is 1. The molecule has 1 rings (SSSR count). The van der Waals surface area contributed by atoms with Crippen LogP contribution in [0.15, 0.2) is 0 Å².